The second kappa shape index (κ2) is 7.73. The normalized spacial score (nSPS) is 19.4. The van der Waals surface area contributed by atoms with E-state index in [1.807, 2.05) is 12.1 Å². The lowest BCUT2D eigenvalue weighted by Gasteiger charge is -2.35. The lowest BCUT2D eigenvalue weighted by molar-refractivity contribution is 0.112. The van der Waals surface area contributed by atoms with E-state index in [1.54, 1.807) is 7.11 Å². The molecule has 0 bridgehead atoms. The summed E-state index contributed by atoms with van der Waals surface area (Å²) in [6, 6.07) is 6.48. The highest BCUT2D eigenvalue weighted by atomic mass is 32.1. The van der Waals surface area contributed by atoms with Crippen LogP contribution in [-0.2, 0) is 6.54 Å². The van der Waals surface area contributed by atoms with Gasteiger partial charge in [-0.1, -0.05) is 24.7 Å². The highest BCUT2D eigenvalue weighted by Gasteiger charge is 2.22. The third-order valence-electron chi connectivity index (χ3n) is 4.13. The van der Waals surface area contributed by atoms with Crippen LogP contribution in [-0.4, -0.2) is 41.3 Å². The summed E-state index contributed by atoms with van der Waals surface area (Å²) in [6.07, 6.45) is 4.50. The maximum Gasteiger partial charge on any atom is 0.129 e. The van der Waals surface area contributed by atoms with Gasteiger partial charge in [0.2, 0.25) is 0 Å². The van der Waals surface area contributed by atoms with Gasteiger partial charge in [-0.3, -0.25) is 4.90 Å². The summed E-state index contributed by atoms with van der Waals surface area (Å²) in [5.41, 5.74) is 7.67. The predicted octanol–water partition coefficient (Wildman–Crippen LogP) is 2.07. The van der Waals surface area contributed by atoms with Crippen molar-refractivity contribution in [3.05, 3.63) is 29.3 Å². The molecular weight excluding hydrogens is 284 g/mol. The van der Waals surface area contributed by atoms with Gasteiger partial charge in [0.05, 0.1) is 12.7 Å². The molecule has 1 heterocycles. The minimum atomic E-state index is 0.255. The van der Waals surface area contributed by atoms with E-state index in [4.69, 9.17) is 22.7 Å². The lowest BCUT2D eigenvalue weighted by atomic mass is 9.98. The Labute approximate surface area is 131 Å². The van der Waals surface area contributed by atoms with Gasteiger partial charge in [-0.25, -0.2) is 0 Å². The van der Waals surface area contributed by atoms with Gasteiger partial charge >= 0.3 is 0 Å². The Balaban J connectivity index is 2.12. The van der Waals surface area contributed by atoms with Gasteiger partial charge in [-0.15, -0.1) is 0 Å². The highest BCUT2D eigenvalue weighted by Crippen LogP contribution is 2.25. The SMILES string of the molecule is COc1cc(CN2CCCCC2CCO)ccc1C(N)=S. The average molecular weight is 308 g/mol. The molecule has 4 nitrogen and oxygen atoms in total. The van der Waals surface area contributed by atoms with Crippen molar-refractivity contribution in [2.45, 2.75) is 38.3 Å². The van der Waals surface area contributed by atoms with Gasteiger partial charge in [-0.05, 0) is 43.5 Å². The standard InChI is InChI=1S/C16H24N2O2S/c1-20-15-10-12(5-6-14(15)16(17)21)11-18-8-3-2-4-13(18)7-9-19/h5-6,10,13,19H,2-4,7-9,11H2,1H3,(H2,17,21). The minimum Gasteiger partial charge on any atom is -0.496 e. The van der Waals surface area contributed by atoms with Crippen molar-refractivity contribution in [2.24, 2.45) is 5.73 Å². The van der Waals surface area contributed by atoms with Gasteiger partial charge in [0.15, 0.2) is 0 Å². The number of methoxy groups -OCH3 is 1. The van der Waals surface area contributed by atoms with Crippen molar-refractivity contribution in [3.8, 4) is 5.75 Å². The van der Waals surface area contributed by atoms with Crippen LogP contribution in [0.5, 0.6) is 5.75 Å². The number of hydrogen-bond acceptors (Lipinski definition) is 4. The number of benzene rings is 1. The summed E-state index contributed by atoms with van der Waals surface area (Å²) in [5.74, 6) is 0.732. The molecule has 1 aromatic rings. The fraction of sp³-hybridized carbons (Fsp3) is 0.562. The zero-order chi connectivity index (χ0) is 15.2. The van der Waals surface area contributed by atoms with Crippen LogP contribution < -0.4 is 10.5 Å². The molecular formula is C16H24N2O2S. The second-order valence-electron chi connectivity index (χ2n) is 5.53. The molecule has 0 aromatic heterocycles. The summed E-state index contributed by atoms with van der Waals surface area (Å²) in [7, 11) is 1.64. The molecule has 1 unspecified atom stereocenters. The van der Waals surface area contributed by atoms with Crippen molar-refractivity contribution in [2.75, 3.05) is 20.3 Å². The Kier molecular flexibility index (Phi) is 5.96. The monoisotopic (exact) mass is 308 g/mol. The summed E-state index contributed by atoms with van der Waals surface area (Å²) in [4.78, 5) is 2.81. The van der Waals surface area contributed by atoms with E-state index in [0.717, 1.165) is 30.8 Å². The van der Waals surface area contributed by atoms with Crippen molar-refractivity contribution in [3.63, 3.8) is 0 Å². The number of nitrogens with two attached hydrogens (primary N) is 1. The second-order valence-corrected chi connectivity index (χ2v) is 5.97. The molecule has 1 saturated heterocycles. The number of thiocarbonyl (C=S) groups is 1. The molecule has 0 radical (unpaired) electrons. The molecule has 1 aromatic carbocycles. The van der Waals surface area contributed by atoms with Crippen molar-refractivity contribution >= 4 is 17.2 Å². The number of hydrogen-bond donors (Lipinski definition) is 2. The molecule has 5 heteroatoms. The van der Waals surface area contributed by atoms with Crippen LogP contribution in [0.4, 0.5) is 0 Å². The first-order valence-corrected chi connectivity index (χ1v) is 7.88. The van der Waals surface area contributed by atoms with Crippen molar-refractivity contribution in [1.29, 1.82) is 0 Å². The van der Waals surface area contributed by atoms with Gasteiger partial charge in [0, 0.05) is 19.2 Å². The Hall–Kier alpha value is -1.17. The number of aliphatic hydroxyl groups is 1. The van der Waals surface area contributed by atoms with Gasteiger partial charge in [-0.2, -0.15) is 0 Å². The fourth-order valence-electron chi connectivity index (χ4n) is 3.02. The third-order valence-corrected chi connectivity index (χ3v) is 4.35. The van der Waals surface area contributed by atoms with E-state index in [9.17, 15) is 5.11 Å². The topological polar surface area (TPSA) is 58.7 Å². The van der Waals surface area contributed by atoms with Crippen LogP contribution in [0, 0.1) is 0 Å². The van der Waals surface area contributed by atoms with Crippen LogP contribution in [0.25, 0.3) is 0 Å². The Morgan fingerprint density at radius 2 is 2.29 bits per heavy atom. The summed E-state index contributed by atoms with van der Waals surface area (Å²) in [6.45, 7) is 2.22. The maximum atomic E-state index is 9.21. The van der Waals surface area contributed by atoms with E-state index < -0.39 is 0 Å². The van der Waals surface area contributed by atoms with Crippen LogP contribution in [0.1, 0.15) is 36.8 Å². The van der Waals surface area contributed by atoms with E-state index >= 15 is 0 Å². The lowest BCUT2D eigenvalue weighted by Crippen LogP contribution is -2.39. The molecule has 0 amide bonds. The molecule has 0 aliphatic carbocycles. The summed E-state index contributed by atoms with van der Waals surface area (Å²) >= 11 is 5.03. The number of aliphatic hydroxyl groups excluding tert-OH is 1. The first-order valence-electron chi connectivity index (χ1n) is 7.47. The first kappa shape index (κ1) is 16.2. The number of likely N-dealkylation sites (tertiary alicyclic amines) is 1. The van der Waals surface area contributed by atoms with Crippen LogP contribution in [0.3, 0.4) is 0 Å². The van der Waals surface area contributed by atoms with Gasteiger partial charge < -0.3 is 15.6 Å². The number of ether oxygens (including phenoxy) is 1. The molecule has 1 atom stereocenters. The maximum absolute atomic E-state index is 9.21. The molecule has 1 aliphatic rings. The molecule has 0 spiro atoms. The number of rotatable bonds is 6. The molecule has 3 N–H and O–H groups in total. The zero-order valence-corrected chi connectivity index (χ0v) is 13.4. The largest absolute Gasteiger partial charge is 0.496 e. The van der Waals surface area contributed by atoms with E-state index in [-0.39, 0.29) is 6.61 Å². The van der Waals surface area contributed by atoms with E-state index in [0.29, 0.717) is 11.0 Å². The molecule has 2 rings (SSSR count). The average Bonchev–Trinajstić information content (AvgIpc) is 2.49. The Morgan fingerprint density at radius 3 is 2.95 bits per heavy atom. The number of piperidine rings is 1. The third kappa shape index (κ3) is 4.15. The first-order chi connectivity index (χ1) is 10.2. The highest BCUT2D eigenvalue weighted by molar-refractivity contribution is 7.80. The quantitative estimate of drug-likeness (QED) is 0.788. The van der Waals surface area contributed by atoms with E-state index in [1.165, 1.54) is 24.8 Å². The smallest absolute Gasteiger partial charge is 0.129 e. The number of nitrogens with zero attached hydrogens (tertiary/aromatic N) is 1. The molecule has 21 heavy (non-hydrogen) atoms. The Bertz CT molecular complexity index is 491. The van der Waals surface area contributed by atoms with Crippen LogP contribution in [0.15, 0.2) is 18.2 Å². The minimum absolute atomic E-state index is 0.255. The zero-order valence-electron chi connectivity index (χ0n) is 12.5. The predicted molar refractivity (Wildman–Crippen MR) is 88.6 cm³/mol. The van der Waals surface area contributed by atoms with Crippen molar-refractivity contribution < 1.29 is 9.84 Å². The van der Waals surface area contributed by atoms with Gasteiger partial charge in [0.25, 0.3) is 0 Å². The van der Waals surface area contributed by atoms with Gasteiger partial charge in [0.1, 0.15) is 10.7 Å². The van der Waals surface area contributed by atoms with Crippen LogP contribution in [0.2, 0.25) is 0 Å². The van der Waals surface area contributed by atoms with Crippen molar-refractivity contribution in [1.82, 2.24) is 4.90 Å². The molecule has 0 saturated carbocycles. The fourth-order valence-corrected chi connectivity index (χ4v) is 3.18. The summed E-state index contributed by atoms with van der Waals surface area (Å²) in [5, 5.41) is 9.21. The Morgan fingerprint density at radius 1 is 1.48 bits per heavy atom. The molecule has 1 fully saturated rings. The molecule has 116 valence electrons. The van der Waals surface area contributed by atoms with E-state index in [2.05, 4.69) is 11.0 Å². The molecule has 1 aliphatic heterocycles. The summed E-state index contributed by atoms with van der Waals surface area (Å²) < 4.78 is 5.38. The van der Waals surface area contributed by atoms with Crippen LogP contribution >= 0.6 is 12.2 Å².